The Bertz CT molecular complexity index is 849. The zero-order chi connectivity index (χ0) is 15.9. The summed E-state index contributed by atoms with van der Waals surface area (Å²) in [6.45, 7) is 0. The Hall–Kier alpha value is -1.91. The number of nitrogens with zero attached hydrogens (tertiary/aromatic N) is 2. The third kappa shape index (κ3) is 2.62. The molecule has 0 spiro atoms. The molecule has 3 N–H and O–H groups in total. The highest BCUT2D eigenvalue weighted by Gasteiger charge is 2.31. The first-order valence-corrected chi connectivity index (χ1v) is 8.43. The third-order valence-electron chi connectivity index (χ3n) is 4.81. The highest BCUT2D eigenvalue weighted by atomic mass is 35.5. The van der Waals surface area contributed by atoms with Crippen molar-refractivity contribution in [2.45, 2.75) is 37.6 Å². The number of hydrogen-bond donors (Lipinski definition) is 2. The van der Waals surface area contributed by atoms with Crippen LogP contribution in [0.4, 0.5) is 0 Å². The van der Waals surface area contributed by atoms with E-state index in [0.29, 0.717) is 5.15 Å². The number of aromatic nitrogens is 3. The molecule has 0 aromatic carbocycles. The molecule has 0 radical (unpaired) electrons. The van der Waals surface area contributed by atoms with Crippen molar-refractivity contribution in [3.63, 3.8) is 0 Å². The maximum atomic E-state index is 6.64. The SMILES string of the molecule is NC1(c2cc(-c3c[nH]c4ncccc34)cc(Cl)n2)CCCCC1. The molecular formula is C18H19ClN4. The van der Waals surface area contributed by atoms with E-state index in [0.717, 1.165) is 53.5 Å². The summed E-state index contributed by atoms with van der Waals surface area (Å²) in [5.74, 6) is 0. The van der Waals surface area contributed by atoms with Gasteiger partial charge in [0.25, 0.3) is 0 Å². The molecule has 118 valence electrons. The minimum Gasteiger partial charge on any atom is -0.346 e. The molecule has 3 aromatic heterocycles. The van der Waals surface area contributed by atoms with Gasteiger partial charge >= 0.3 is 0 Å². The van der Waals surface area contributed by atoms with Crippen molar-refractivity contribution < 1.29 is 0 Å². The number of H-pyrrole nitrogens is 1. The Morgan fingerprint density at radius 1 is 1.17 bits per heavy atom. The Kier molecular flexibility index (Phi) is 3.58. The van der Waals surface area contributed by atoms with Crippen LogP contribution in [-0.4, -0.2) is 15.0 Å². The fourth-order valence-electron chi connectivity index (χ4n) is 3.54. The fourth-order valence-corrected chi connectivity index (χ4v) is 3.75. The molecule has 1 saturated carbocycles. The van der Waals surface area contributed by atoms with Crippen LogP contribution >= 0.6 is 11.6 Å². The molecule has 4 nitrogen and oxygen atoms in total. The quantitative estimate of drug-likeness (QED) is 0.686. The van der Waals surface area contributed by atoms with Crippen LogP contribution in [0.2, 0.25) is 5.15 Å². The molecule has 4 rings (SSSR count). The van der Waals surface area contributed by atoms with Crippen molar-refractivity contribution in [3.05, 3.63) is 47.5 Å². The smallest absolute Gasteiger partial charge is 0.137 e. The first-order chi connectivity index (χ1) is 11.2. The molecule has 0 bridgehead atoms. The molecule has 0 aliphatic heterocycles. The first-order valence-electron chi connectivity index (χ1n) is 8.05. The Balaban J connectivity index is 1.84. The molecule has 0 saturated heterocycles. The van der Waals surface area contributed by atoms with Gasteiger partial charge in [-0.15, -0.1) is 0 Å². The summed E-state index contributed by atoms with van der Waals surface area (Å²) in [6, 6.07) is 7.98. The van der Waals surface area contributed by atoms with Gasteiger partial charge in [0.2, 0.25) is 0 Å². The molecule has 3 aromatic rings. The Labute approximate surface area is 140 Å². The van der Waals surface area contributed by atoms with Crippen LogP contribution in [0.15, 0.2) is 36.7 Å². The van der Waals surface area contributed by atoms with Crippen LogP contribution < -0.4 is 5.73 Å². The van der Waals surface area contributed by atoms with E-state index < -0.39 is 0 Å². The third-order valence-corrected chi connectivity index (χ3v) is 5.01. The van der Waals surface area contributed by atoms with Gasteiger partial charge in [-0.2, -0.15) is 0 Å². The van der Waals surface area contributed by atoms with Crippen LogP contribution in [0.25, 0.3) is 22.2 Å². The molecule has 0 amide bonds. The zero-order valence-corrected chi connectivity index (χ0v) is 13.6. The molecule has 1 aliphatic carbocycles. The lowest BCUT2D eigenvalue weighted by atomic mass is 9.79. The second-order valence-corrected chi connectivity index (χ2v) is 6.77. The number of hydrogen-bond acceptors (Lipinski definition) is 3. The van der Waals surface area contributed by atoms with Crippen LogP contribution in [0.3, 0.4) is 0 Å². The van der Waals surface area contributed by atoms with Crippen molar-refractivity contribution in [2.24, 2.45) is 5.73 Å². The van der Waals surface area contributed by atoms with Gasteiger partial charge in [0, 0.05) is 23.3 Å². The van der Waals surface area contributed by atoms with Crippen LogP contribution in [0.1, 0.15) is 37.8 Å². The Morgan fingerprint density at radius 3 is 2.83 bits per heavy atom. The van der Waals surface area contributed by atoms with E-state index in [1.165, 1.54) is 6.42 Å². The van der Waals surface area contributed by atoms with Gasteiger partial charge in [0.1, 0.15) is 10.8 Å². The number of nitrogens with one attached hydrogen (secondary N) is 1. The van der Waals surface area contributed by atoms with Crippen molar-refractivity contribution in [2.75, 3.05) is 0 Å². The lowest BCUT2D eigenvalue weighted by molar-refractivity contribution is 0.295. The predicted molar refractivity (Wildman–Crippen MR) is 93.3 cm³/mol. The zero-order valence-electron chi connectivity index (χ0n) is 12.8. The van der Waals surface area contributed by atoms with Gasteiger partial charge in [-0.05, 0) is 42.7 Å². The van der Waals surface area contributed by atoms with E-state index in [2.05, 4.69) is 27.1 Å². The minimum absolute atomic E-state index is 0.359. The number of halogens is 1. The van der Waals surface area contributed by atoms with Gasteiger partial charge in [0.05, 0.1) is 11.2 Å². The minimum atomic E-state index is -0.359. The summed E-state index contributed by atoms with van der Waals surface area (Å²) in [6.07, 6.45) is 9.24. The first kappa shape index (κ1) is 14.7. The number of aromatic amines is 1. The van der Waals surface area contributed by atoms with E-state index in [-0.39, 0.29) is 5.54 Å². The van der Waals surface area contributed by atoms with E-state index >= 15 is 0 Å². The Morgan fingerprint density at radius 2 is 2.00 bits per heavy atom. The predicted octanol–water partition coefficient (Wildman–Crippen LogP) is 4.40. The molecule has 3 heterocycles. The van der Waals surface area contributed by atoms with Crippen molar-refractivity contribution in [3.8, 4) is 11.1 Å². The van der Waals surface area contributed by atoms with Crippen LogP contribution in [0, 0.1) is 0 Å². The van der Waals surface area contributed by atoms with E-state index in [9.17, 15) is 0 Å². The van der Waals surface area contributed by atoms with Gasteiger partial charge < -0.3 is 10.7 Å². The molecular weight excluding hydrogens is 308 g/mol. The number of fused-ring (bicyclic) bond motifs is 1. The van der Waals surface area contributed by atoms with Gasteiger partial charge in [-0.25, -0.2) is 9.97 Å². The highest BCUT2D eigenvalue weighted by Crippen LogP contribution is 2.37. The molecule has 0 unspecified atom stereocenters. The second kappa shape index (κ2) is 5.62. The number of nitrogens with two attached hydrogens (primary N) is 1. The lowest BCUT2D eigenvalue weighted by Gasteiger charge is -2.33. The standard InChI is InChI=1S/C18H19ClN4/c19-16-10-12(14-11-22-17-13(14)5-4-8-21-17)9-15(23-16)18(20)6-2-1-3-7-18/h4-5,8-11H,1-3,6-7,20H2,(H,21,22). The maximum absolute atomic E-state index is 6.64. The lowest BCUT2D eigenvalue weighted by Crippen LogP contribution is -2.39. The molecule has 1 fully saturated rings. The monoisotopic (exact) mass is 326 g/mol. The summed E-state index contributed by atoms with van der Waals surface area (Å²) in [5, 5.41) is 1.57. The summed E-state index contributed by atoms with van der Waals surface area (Å²) in [7, 11) is 0. The largest absolute Gasteiger partial charge is 0.346 e. The summed E-state index contributed by atoms with van der Waals surface area (Å²) >= 11 is 6.31. The average Bonchev–Trinajstić information content (AvgIpc) is 2.99. The van der Waals surface area contributed by atoms with Gasteiger partial charge in [-0.1, -0.05) is 30.9 Å². The normalized spacial score (nSPS) is 17.5. The van der Waals surface area contributed by atoms with Crippen molar-refractivity contribution in [1.82, 2.24) is 15.0 Å². The van der Waals surface area contributed by atoms with Crippen LogP contribution in [0.5, 0.6) is 0 Å². The van der Waals surface area contributed by atoms with E-state index in [4.69, 9.17) is 17.3 Å². The maximum Gasteiger partial charge on any atom is 0.137 e. The van der Waals surface area contributed by atoms with Crippen molar-refractivity contribution in [1.29, 1.82) is 0 Å². The second-order valence-electron chi connectivity index (χ2n) is 6.38. The van der Waals surface area contributed by atoms with Crippen LogP contribution in [-0.2, 0) is 5.54 Å². The van der Waals surface area contributed by atoms with Gasteiger partial charge in [-0.3, -0.25) is 0 Å². The summed E-state index contributed by atoms with van der Waals surface area (Å²) in [4.78, 5) is 12.1. The highest BCUT2D eigenvalue weighted by molar-refractivity contribution is 6.29. The van der Waals surface area contributed by atoms with E-state index in [1.807, 2.05) is 18.3 Å². The fraction of sp³-hybridized carbons (Fsp3) is 0.333. The molecule has 0 atom stereocenters. The van der Waals surface area contributed by atoms with Gasteiger partial charge in [0.15, 0.2) is 0 Å². The number of pyridine rings is 2. The summed E-state index contributed by atoms with van der Waals surface area (Å²) in [5.41, 5.74) is 10.2. The van der Waals surface area contributed by atoms with Crippen molar-refractivity contribution >= 4 is 22.6 Å². The topological polar surface area (TPSA) is 67.6 Å². The molecule has 5 heteroatoms. The number of rotatable bonds is 2. The molecule has 23 heavy (non-hydrogen) atoms. The van der Waals surface area contributed by atoms with E-state index in [1.54, 1.807) is 6.20 Å². The molecule has 1 aliphatic rings. The average molecular weight is 327 g/mol. The summed E-state index contributed by atoms with van der Waals surface area (Å²) < 4.78 is 0.